The van der Waals surface area contributed by atoms with Crippen molar-refractivity contribution in [3.05, 3.63) is 221 Å². The molecule has 1 heterocycles. The molecule has 0 aliphatic carbocycles. The molecule has 0 N–H and O–H groups in total. The van der Waals surface area contributed by atoms with Crippen LogP contribution in [0.1, 0.15) is 105 Å². The van der Waals surface area contributed by atoms with Crippen molar-refractivity contribution in [1.29, 1.82) is 0 Å². The maximum absolute atomic E-state index is 8.06. The summed E-state index contributed by atoms with van der Waals surface area (Å²) in [7, 11) is 0. The van der Waals surface area contributed by atoms with E-state index in [1.54, 1.807) is 11.3 Å². The van der Waals surface area contributed by atoms with E-state index in [9.17, 15) is 0 Å². The summed E-state index contributed by atoms with van der Waals surface area (Å²) < 4.78 is 1.21. The fraction of sp³-hybridized carbons (Fsp3) is 0.242. The summed E-state index contributed by atoms with van der Waals surface area (Å²) >= 11 is 9.82. The third-order valence-electron chi connectivity index (χ3n) is 13.7. The van der Waals surface area contributed by atoms with Crippen LogP contribution in [0.3, 0.4) is 0 Å². The normalized spacial score (nSPS) is 12.3. The van der Waals surface area contributed by atoms with E-state index in [0.29, 0.717) is 5.02 Å². The molecule has 1 aromatic heterocycles. The van der Waals surface area contributed by atoms with Gasteiger partial charge in [0.15, 0.2) is 0 Å². The van der Waals surface area contributed by atoms with Crippen LogP contribution in [-0.2, 0) is 21.7 Å². The highest BCUT2D eigenvalue weighted by Crippen LogP contribution is 2.50. The third-order valence-corrected chi connectivity index (χ3v) is 15.0. The minimum Gasteiger partial charge on any atom is -0.310 e. The SMILES string of the molecule is CC(C)(C)c1ccc(N(c2ccc(C(C)(C)C)cc2)c2cccc(N(c3ccc(C(C)(C)C)cc3)c3cccc(N(c4ccc(C(C)(C)C)cc4)c4csc5ccc(-c6ccccc6)cc45)c3Cl)c2)cc1. The molecule has 0 aliphatic heterocycles. The fourth-order valence-electron chi connectivity index (χ4n) is 9.35. The molecule has 0 amide bonds. The van der Waals surface area contributed by atoms with Gasteiger partial charge in [0.1, 0.15) is 0 Å². The Morgan fingerprint density at radius 3 is 1.17 bits per heavy atom. The van der Waals surface area contributed by atoms with Gasteiger partial charge in [-0.25, -0.2) is 0 Å². The van der Waals surface area contributed by atoms with E-state index in [1.165, 1.54) is 43.5 Å². The molecule has 9 rings (SSSR count). The Morgan fingerprint density at radius 1 is 0.324 bits per heavy atom. The van der Waals surface area contributed by atoms with Crippen LogP contribution in [0.4, 0.5) is 51.2 Å². The van der Waals surface area contributed by atoms with Crippen molar-refractivity contribution in [2.45, 2.75) is 105 Å². The zero-order valence-corrected chi connectivity index (χ0v) is 45.2. The summed E-state index contributed by atoms with van der Waals surface area (Å²) in [5.41, 5.74) is 16.6. The molecule has 71 heavy (non-hydrogen) atoms. The number of rotatable bonds is 10. The van der Waals surface area contributed by atoms with Crippen molar-refractivity contribution in [1.82, 2.24) is 0 Å². The molecule has 8 aromatic carbocycles. The lowest BCUT2D eigenvalue weighted by atomic mass is 9.86. The second kappa shape index (κ2) is 19.2. The van der Waals surface area contributed by atoms with Crippen molar-refractivity contribution in [2.24, 2.45) is 0 Å². The van der Waals surface area contributed by atoms with E-state index < -0.39 is 0 Å². The summed E-state index contributed by atoms with van der Waals surface area (Å²) in [4.78, 5) is 7.05. The second-order valence-corrected chi connectivity index (χ2v) is 24.3. The Hall–Kier alpha value is -6.59. The molecule has 0 atom stereocenters. The molecule has 0 saturated heterocycles. The van der Waals surface area contributed by atoms with Crippen molar-refractivity contribution >= 4 is 84.2 Å². The predicted octanol–water partition coefficient (Wildman–Crippen LogP) is 20.8. The number of halogens is 1. The minimum atomic E-state index is -0.0147. The van der Waals surface area contributed by atoms with Crippen LogP contribution in [0.15, 0.2) is 193 Å². The van der Waals surface area contributed by atoms with Crippen LogP contribution in [0, 0.1) is 0 Å². The van der Waals surface area contributed by atoms with E-state index in [-0.39, 0.29) is 21.7 Å². The Kier molecular flexibility index (Phi) is 13.4. The molecule has 0 unspecified atom stereocenters. The summed E-state index contributed by atoms with van der Waals surface area (Å²) in [5.74, 6) is 0. The first-order chi connectivity index (χ1) is 33.6. The van der Waals surface area contributed by atoms with Gasteiger partial charge in [-0.05, 0) is 146 Å². The Labute approximate surface area is 433 Å². The first-order valence-electron chi connectivity index (χ1n) is 24.9. The van der Waals surface area contributed by atoms with Crippen molar-refractivity contribution < 1.29 is 0 Å². The molecule has 0 fully saturated rings. The highest BCUT2D eigenvalue weighted by Gasteiger charge is 2.27. The van der Waals surface area contributed by atoms with E-state index in [2.05, 4.69) is 291 Å². The second-order valence-electron chi connectivity index (χ2n) is 23.0. The number of hydrogen-bond donors (Lipinski definition) is 0. The van der Waals surface area contributed by atoms with Gasteiger partial charge in [-0.3, -0.25) is 0 Å². The van der Waals surface area contributed by atoms with E-state index in [0.717, 1.165) is 51.2 Å². The molecule has 0 spiro atoms. The summed E-state index contributed by atoms with van der Waals surface area (Å²) in [6.07, 6.45) is 0. The molecule has 0 saturated carbocycles. The summed E-state index contributed by atoms with van der Waals surface area (Å²) in [5, 5.41) is 4.10. The Bertz CT molecular complexity index is 3210. The van der Waals surface area contributed by atoms with Crippen LogP contribution in [0.5, 0.6) is 0 Å². The average molecular weight is 971 g/mol. The average Bonchev–Trinajstić information content (AvgIpc) is 3.76. The Balaban J connectivity index is 1.24. The standard InChI is InChI=1S/C66H68ClN3S/c1-63(2,3)47-25-33-51(34-26-47)68(52-35-27-48(28-36-52)64(4,5)6)55-20-16-21-56(43-55)69(53-37-29-49(30-38-53)65(7,8)9)58-22-17-23-59(62(58)67)70(54-39-31-50(32-40-54)66(10,11)12)60-44-71-61-41-24-46(42-57(60)61)45-18-14-13-15-19-45/h13-44H,1-12H3. The Morgan fingerprint density at radius 2 is 0.718 bits per heavy atom. The van der Waals surface area contributed by atoms with Crippen LogP contribution >= 0.6 is 22.9 Å². The molecule has 0 radical (unpaired) electrons. The largest absolute Gasteiger partial charge is 0.310 e. The lowest BCUT2D eigenvalue weighted by molar-refractivity contribution is 0.590. The molecule has 5 heteroatoms. The van der Waals surface area contributed by atoms with Gasteiger partial charge in [-0.2, -0.15) is 0 Å². The predicted molar refractivity (Wildman–Crippen MR) is 311 cm³/mol. The van der Waals surface area contributed by atoms with Gasteiger partial charge in [-0.15, -0.1) is 11.3 Å². The van der Waals surface area contributed by atoms with Gasteiger partial charge in [0, 0.05) is 49.6 Å². The van der Waals surface area contributed by atoms with Gasteiger partial charge < -0.3 is 14.7 Å². The maximum Gasteiger partial charge on any atom is 0.0887 e. The lowest BCUT2D eigenvalue weighted by Gasteiger charge is -2.32. The topological polar surface area (TPSA) is 9.72 Å². The van der Waals surface area contributed by atoms with E-state index in [1.807, 2.05) is 0 Å². The zero-order valence-electron chi connectivity index (χ0n) is 43.6. The van der Waals surface area contributed by atoms with Gasteiger partial charge >= 0.3 is 0 Å². The van der Waals surface area contributed by atoms with Crippen LogP contribution in [0.25, 0.3) is 21.2 Å². The quantitative estimate of drug-likeness (QED) is 0.135. The lowest BCUT2D eigenvalue weighted by Crippen LogP contribution is -2.17. The van der Waals surface area contributed by atoms with Crippen LogP contribution in [0.2, 0.25) is 5.02 Å². The molecule has 9 aromatic rings. The number of thiophene rings is 1. The van der Waals surface area contributed by atoms with Crippen LogP contribution in [-0.4, -0.2) is 0 Å². The summed E-state index contributed by atoms with van der Waals surface area (Å²) in [6.45, 7) is 27.2. The van der Waals surface area contributed by atoms with Crippen molar-refractivity contribution in [3.63, 3.8) is 0 Å². The van der Waals surface area contributed by atoms with Gasteiger partial charge in [-0.1, -0.05) is 192 Å². The number of nitrogens with zero attached hydrogens (tertiary/aromatic N) is 3. The van der Waals surface area contributed by atoms with Crippen molar-refractivity contribution in [3.8, 4) is 11.1 Å². The van der Waals surface area contributed by atoms with E-state index >= 15 is 0 Å². The first-order valence-corrected chi connectivity index (χ1v) is 26.2. The number of fused-ring (bicyclic) bond motifs is 1. The van der Waals surface area contributed by atoms with E-state index in [4.69, 9.17) is 11.6 Å². The van der Waals surface area contributed by atoms with Gasteiger partial charge in [0.05, 0.1) is 22.1 Å². The molecular weight excluding hydrogens is 902 g/mol. The zero-order chi connectivity index (χ0) is 50.5. The molecule has 0 bridgehead atoms. The highest BCUT2D eigenvalue weighted by atomic mass is 35.5. The van der Waals surface area contributed by atoms with Crippen LogP contribution < -0.4 is 14.7 Å². The molecule has 0 aliphatic rings. The van der Waals surface area contributed by atoms with Gasteiger partial charge in [0.2, 0.25) is 0 Å². The van der Waals surface area contributed by atoms with Gasteiger partial charge in [0.25, 0.3) is 0 Å². The molecule has 360 valence electrons. The minimum absolute atomic E-state index is 0.000499. The monoisotopic (exact) mass is 969 g/mol. The first kappa shape index (κ1) is 49.4. The third kappa shape index (κ3) is 10.4. The fourth-order valence-corrected chi connectivity index (χ4v) is 10.6. The number of anilines is 9. The molecule has 3 nitrogen and oxygen atoms in total. The maximum atomic E-state index is 8.06. The molecular formula is C66H68ClN3S. The number of benzene rings is 8. The highest BCUT2D eigenvalue weighted by molar-refractivity contribution is 7.17. The van der Waals surface area contributed by atoms with Crippen molar-refractivity contribution in [2.75, 3.05) is 14.7 Å². The summed E-state index contributed by atoms with van der Waals surface area (Å²) in [6, 6.07) is 68.9. The number of hydrogen-bond acceptors (Lipinski definition) is 4. The smallest absolute Gasteiger partial charge is 0.0887 e.